The predicted octanol–water partition coefficient (Wildman–Crippen LogP) is 2.82. The van der Waals surface area contributed by atoms with Crippen molar-refractivity contribution in [2.24, 2.45) is 0 Å². The number of aliphatic hydroxyl groups excluding tert-OH is 1. The van der Waals surface area contributed by atoms with Crippen molar-refractivity contribution in [3.63, 3.8) is 0 Å². The lowest BCUT2D eigenvalue weighted by atomic mass is 10.00. The molecule has 0 saturated heterocycles. The quantitative estimate of drug-likeness (QED) is 0.882. The summed E-state index contributed by atoms with van der Waals surface area (Å²) in [6.07, 6.45) is 4.36. The molecule has 0 radical (unpaired) electrons. The summed E-state index contributed by atoms with van der Waals surface area (Å²) >= 11 is 0. The number of nitrogens with zero attached hydrogens (tertiary/aromatic N) is 1. The van der Waals surface area contributed by atoms with E-state index in [0.29, 0.717) is 12.2 Å². The maximum atomic E-state index is 10.2. The number of aliphatic hydroxyl groups is 1. The number of rotatable bonds is 4. The Balaban J connectivity index is 1.70. The molecule has 1 atom stereocenters. The summed E-state index contributed by atoms with van der Waals surface area (Å²) in [6, 6.07) is 12.0. The van der Waals surface area contributed by atoms with Crippen LogP contribution >= 0.6 is 0 Å². The molecule has 98 valence electrons. The van der Waals surface area contributed by atoms with Crippen molar-refractivity contribution in [3.05, 3.63) is 59.3 Å². The number of pyridine rings is 1. The van der Waals surface area contributed by atoms with Crippen LogP contribution in [0, 0.1) is 0 Å². The van der Waals surface area contributed by atoms with Crippen LogP contribution in [0.4, 0.5) is 5.82 Å². The SMILES string of the molecule is Nc1cc(CC(O)c2ccc(C3CC3)cc2)ccn1. The van der Waals surface area contributed by atoms with E-state index in [1.165, 1.54) is 18.4 Å². The van der Waals surface area contributed by atoms with Gasteiger partial charge in [0.05, 0.1) is 6.10 Å². The molecule has 0 amide bonds. The molecule has 1 unspecified atom stereocenters. The third-order valence-electron chi connectivity index (χ3n) is 3.64. The van der Waals surface area contributed by atoms with Crippen LogP contribution < -0.4 is 5.73 Å². The molecule has 0 spiro atoms. The van der Waals surface area contributed by atoms with Gasteiger partial charge in [-0.05, 0) is 47.6 Å². The van der Waals surface area contributed by atoms with Gasteiger partial charge in [0.25, 0.3) is 0 Å². The van der Waals surface area contributed by atoms with Crippen molar-refractivity contribution < 1.29 is 5.11 Å². The van der Waals surface area contributed by atoms with Crippen LogP contribution in [0.15, 0.2) is 42.6 Å². The molecule has 1 aliphatic carbocycles. The molecule has 3 heteroatoms. The Morgan fingerprint density at radius 1 is 1.21 bits per heavy atom. The molecular weight excluding hydrogens is 236 g/mol. The first kappa shape index (κ1) is 12.2. The maximum absolute atomic E-state index is 10.2. The first-order valence-electron chi connectivity index (χ1n) is 6.71. The molecule has 3 N–H and O–H groups in total. The second kappa shape index (κ2) is 5.02. The minimum atomic E-state index is -0.491. The van der Waals surface area contributed by atoms with Crippen LogP contribution in [-0.4, -0.2) is 10.1 Å². The minimum absolute atomic E-state index is 0.491. The van der Waals surface area contributed by atoms with E-state index in [4.69, 9.17) is 5.73 Å². The van der Waals surface area contributed by atoms with Crippen LogP contribution in [0.3, 0.4) is 0 Å². The standard InChI is InChI=1S/C16H18N2O/c17-16-10-11(7-8-18-16)9-15(19)14-5-3-13(4-6-14)12-1-2-12/h3-8,10,12,15,19H,1-2,9H2,(H2,17,18). The number of hydrogen-bond donors (Lipinski definition) is 2. The molecule has 2 aromatic rings. The van der Waals surface area contributed by atoms with Crippen molar-refractivity contribution in [2.45, 2.75) is 31.3 Å². The summed E-state index contributed by atoms with van der Waals surface area (Å²) in [4.78, 5) is 3.95. The highest BCUT2D eigenvalue weighted by molar-refractivity contribution is 5.34. The van der Waals surface area contributed by atoms with E-state index in [2.05, 4.69) is 17.1 Å². The monoisotopic (exact) mass is 254 g/mol. The van der Waals surface area contributed by atoms with Crippen LogP contribution in [0.1, 0.15) is 41.6 Å². The van der Waals surface area contributed by atoms with Crippen molar-refractivity contribution in [3.8, 4) is 0 Å². The van der Waals surface area contributed by atoms with Gasteiger partial charge in [0.2, 0.25) is 0 Å². The highest BCUT2D eigenvalue weighted by Gasteiger charge is 2.23. The normalized spacial score (nSPS) is 16.3. The Hall–Kier alpha value is -1.87. The van der Waals surface area contributed by atoms with Gasteiger partial charge in [-0.25, -0.2) is 4.98 Å². The summed E-state index contributed by atoms with van der Waals surface area (Å²) in [6.45, 7) is 0. The van der Waals surface area contributed by atoms with Gasteiger partial charge >= 0.3 is 0 Å². The summed E-state index contributed by atoms with van der Waals surface area (Å²) < 4.78 is 0. The van der Waals surface area contributed by atoms with Crippen LogP contribution in [0.2, 0.25) is 0 Å². The number of anilines is 1. The topological polar surface area (TPSA) is 59.1 Å². The smallest absolute Gasteiger partial charge is 0.123 e. The Bertz CT molecular complexity index is 561. The molecule has 1 aliphatic rings. The Labute approximate surface area is 113 Å². The number of hydrogen-bond acceptors (Lipinski definition) is 3. The summed E-state index contributed by atoms with van der Waals surface area (Å²) in [7, 11) is 0. The maximum Gasteiger partial charge on any atom is 0.123 e. The zero-order valence-electron chi connectivity index (χ0n) is 10.8. The molecule has 0 bridgehead atoms. The van der Waals surface area contributed by atoms with Crippen molar-refractivity contribution in [1.82, 2.24) is 4.98 Å². The van der Waals surface area contributed by atoms with Gasteiger partial charge < -0.3 is 10.8 Å². The average Bonchev–Trinajstić information content (AvgIpc) is 3.23. The molecule has 1 saturated carbocycles. The van der Waals surface area contributed by atoms with E-state index >= 15 is 0 Å². The van der Waals surface area contributed by atoms with Gasteiger partial charge in [-0.15, -0.1) is 0 Å². The van der Waals surface area contributed by atoms with E-state index in [1.807, 2.05) is 24.3 Å². The zero-order chi connectivity index (χ0) is 13.2. The van der Waals surface area contributed by atoms with Gasteiger partial charge in [-0.3, -0.25) is 0 Å². The average molecular weight is 254 g/mol. The first-order valence-corrected chi connectivity index (χ1v) is 6.71. The van der Waals surface area contributed by atoms with E-state index in [9.17, 15) is 5.11 Å². The fraction of sp³-hybridized carbons (Fsp3) is 0.312. The Morgan fingerprint density at radius 2 is 1.95 bits per heavy atom. The Kier molecular flexibility index (Phi) is 3.22. The molecule has 3 nitrogen and oxygen atoms in total. The molecule has 1 aromatic carbocycles. The molecule has 1 aromatic heterocycles. The second-order valence-electron chi connectivity index (χ2n) is 5.25. The minimum Gasteiger partial charge on any atom is -0.388 e. The van der Waals surface area contributed by atoms with E-state index in [-0.39, 0.29) is 0 Å². The fourth-order valence-corrected chi connectivity index (χ4v) is 2.37. The summed E-state index contributed by atoms with van der Waals surface area (Å²) in [5.41, 5.74) is 9.00. The van der Waals surface area contributed by atoms with Crippen LogP contribution in [0.25, 0.3) is 0 Å². The van der Waals surface area contributed by atoms with E-state index in [1.54, 1.807) is 6.20 Å². The second-order valence-corrected chi connectivity index (χ2v) is 5.25. The third-order valence-corrected chi connectivity index (χ3v) is 3.64. The van der Waals surface area contributed by atoms with Crippen molar-refractivity contribution in [1.29, 1.82) is 0 Å². The zero-order valence-corrected chi connectivity index (χ0v) is 10.8. The van der Waals surface area contributed by atoms with Gasteiger partial charge in [0.15, 0.2) is 0 Å². The highest BCUT2D eigenvalue weighted by atomic mass is 16.3. The van der Waals surface area contributed by atoms with Crippen LogP contribution in [-0.2, 0) is 6.42 Å². The predicted molar refractivity (Wildman–Crippen MR) is 75.7 cm³/mol. The summed E-state index contributed by atoms with van der Waals surface area (Å²) in [5, 5.41) is 10.2. The highest BCUT2D eigenvalue weighted by Crippen LogP contribution is 2.40. The number of nitrogen functional groups attached to an aromatic ring is 1. The van der Waals surface area contributed by atoms with Crippen LogP contribution in [0.5, 0.6) is 0 Å². The molecule has 1 fully saturated rings. The molecule has 3 rings (SSSR count). The summed E-state index contributed by atoms with van der Waals surface area (Å²) in [5.74, 6) is 1.25. The Morgan fingerprint density at radius 3 is 2.58 bits per heavy atom. The van der Waals surface area contributed by atoms with E-state index < -0.39 is 6.10 Å². The lowest BCUT2D eigenvalue weighted by Gasteiger charge is -2.12. The first-order chi connectivity index (χ1) is 9.22. The molecule has 0 aliphatic heterocycles. The lowest BCUT2D eigenvalue weighted by Crippen LogP contribution is -2.03. The fourth-order valence-electron chi connectivity index (χ4n) is 2.37. The van der Waals surface area contributed by atoms with Gasteiger partial charge in [0, 0.05) is 12.6 Å². The van der Waals surface area contributed by atoms with Gasteiger partial charge in [-0.1, -0.05) is 24.3 Å². The van der Waals surface area contributed by atoms with Crippen molar-refractivity contribution >= 4 is 5.82 Å². The number of benzene rings is 1. The molecule has 19 heavy (non-hydrogen) atoms. The van der Waals surface area contributed by atoms with Gasteiger partial charge in [-0.2, -0.15) is 0 Å². The lowest BCUT2D eigenvalue weighted by molar-refractivity contribution is 0.178. The van der Waals surface area contributed by atoms with Gasteiger partial charge in [0.1, 0.15) is 5.82 Å². The molecular formula is C16H18N2O. The van der Waals surface area contributed by atoms with E-state index in [0.717, 1.165) is 17.0 Å². The third kappa shape index (κ3) is 2.93. The van der Waals surface area contributed by atoms with Crippen molar-refractivity contribution in [2.75, 3.05) is 5.73 Å². The largest absolute Gasteiger partial charge is 0.388 e. The molecule has 1 heterocycles. The number of nitrogens with two attached hydrogens (primary N) is 1. The number of aromatic nitrogens is 1.